The summed E-state index contributed by atoms with van der Waals surface area (Å²) < 4.78 is 6.68. The van der Waals surface area contributed by atoms with E-state index in [9.17, 15) is 0 Å². The van der Waals surface area contributed by atoms with E-state index in [1.165, 1.54) is 6.26 Å². The van der Waals surface area contributed by atoms with E-state index >= 15 is 0 Å². The van der Waals surface area contributed by atoms with E-state index in [4.69, 9.17) is 10.3 Å². The summed E-state index contributed by atoms with van der Waals surface area (Å²) in [5.74, 6) is 1.36. The lowest BCUT2D eigenvalue weighted by Crippen LogP contribution is -1.99. The number of anilines is 1. The largest absolute Gasteiger partial charge is 0.385 e. The topological polar surface area (TPSA) is 57.0 Å². The molecule has 1 aromatic carbocycles. The van der Waals surface area contributed by atoms with Crippen LogP contribution < -0.4 is 5.73 Å². The lowest BCUT2D eigenvalue weighted by Gasteiger charge is -2.01. The molecule has 4 heteroatoms. The Morgan fingerprint density at radius 3 is 2.87 bits per heavy atom. The van der Waals surface area contributed by atoms with Gasteiger partial charge in [-0.05, 0) is 12.1 Å². The number of hydrogen-bond acceptors (Lipinski definition) is 3. The Kier molecular flexibility index (Phi) is 1.56. The minimum Gasteiger partial charge on any atom is -0.385 e. The second-order valence-electron chi connectivity index (χ2n) is 3.32. The van der Waals surface area contributed by atoms with Crippen LogP contribution in [0.1, 0.15) is 0 Å². The van der Waals surface area contributed by atoms with E-state index in [2.05, 4.69) is 5.16 Å². The van der Waals surface area contributed by atoms with Gasteiger partial charge in [0.05, 0.1) is 5.52 Å². The third-order valence-electron chi connectivity index (χ3n) is 2.39. The Morgan fingerprint density at radius 2 is 2.07 bits per heavy atom. The first kappa shape index (κ1) is 8.11. The van der Waals surface area contributed by atoms with Crippen molar-refractivity contribution in [3.8, 4) is 5.82 Å². The quantitative estimate of drug-likeness (QED) is 0.653. The lowest BCUT2D eigenvalue weighted by atomic mass is 10.2. The van der Waals surface area contributed by atoms with Crippen molar-refractivity contribution in [3.05, 3.63) is 42.7 Å². The molecule has 0 bridgehead atoms. The van der Waals surface area contributed by atoms with E-state index < -0.39 is 0 Å². The highest BCUT2D eigenvalue weighted by atomic mass is 16.5. The molecule has 3 aromatic rings. The minimum absolute atomic E-state index is 0.658. The molecule has 0 saturated carbocycles. The second kappa shape index (κ2) is 2.88. The second-order valence-corrected chi connectivity index (χ2v) is 3.32. The van der Waals surface area contributed by atoms with Gasteiger partial charge in [-0.1, -0.05) is 23.4 Å². The molecule has 3 rings (SSSR count). The molecule has 4 nitrogen and oxygen atoms in total. The van der Waals surface area contributed by atoms with Gasteiger partial charge in [-0.25, -0.2) is 0 Å². The Labute approximate surface area is 85.9 Å². The molecule has 0 fully saturated rings. The summed E-state index contributed by atoms with van der Waals surface area (Å²) in [6, 6.07) is 11.7. The Bertz CT molecular complexity index is 595. The standard InChI is InChI=1S/C11H9N3O/c12-10-7-8-3-1-2-4-9(8)14(10)11-5-6-15-13-11/h1-7H,12H2. The molecule has 0 atom stereocenters. The fourth-order valence-corrected chi connectivity index (χ4v) is 1.75. The summed E-state index contributed by atoms with van der Waals surface area (Å²) in [5.41, 5.74) is 6.96. The highest BCUT2D eigenvalue weighted by Gasteiger charge is 2.09. The maximum Gasteiger partial charge on any atom is 0.182 e. The third kappa shape index (κ3) is 1.11. The van der Waals surface area contributed by atoms with Crippen LogP contribution in [0.15, 0.2) is 47.2 Å². The molecular weight excluding hydrogens is 190 g/mol. The predicted molar refractivity (Wildman–Crippen MR) is 57.7 cm³/mol. The number of rotatable bonds is 1. The summed E-state index contributed by atoms with van der Waals surface area (Å²) in [7, 11) is 0. The van der Waals surface area contributed by atoms with Crippen LogP contribution in [0.4, 0.5) is 5.82 Å². The molecule has 0 aliphatic rings. The Hall–Kier alpha value is -2.23. The van der Waals surface area contributed by atoms with Crippen molar-refractivity contribution in [2.24, 2.45) is 0 Å². The van der Waals surface area contributed by atoms with E-state index in [1.54, 1.807) is 6.07 Å². The van der Waals surface area contributed by atoms with E-state index in [0.717, 1.165) is 10.9 Å². The maximum absolute atomic E-state index is 5.93. The van der Waals surface area contributed by atoms with Crippen molar-refractivity contribution in [2.75, 3.05) is 5.73 Å². The molecule has 74 valence electrons. The fourth-order valence-electron chi connectivity index (χ4n) is 1.75. The Morgan fingerprint density at radius 1 is 1.20 bits per heavy atom. The van der Waals surface area contributed by atoms with Crippen molar-refractivity contribution >= 4 is 16.7 Å². The van der Waals surface area contributed by atoms with Gasteiger partial charge in [-0.3, -0.25) is 4.57 Å². The molecular formula is C11H9N3O. The van der Waals surface area contributed by atoms with Gasteiger partial charge in [0.2, 0.25) is 0 Å². The van der Waals surface area contributed by atoms with Gasteiger partial charge in [0.25, 0.3) is 0 Å². The number of fused-ring (bicyclic) bond motifs is 1. The van der Waals surface area contributed by atoms with Gasteiger partial charge in [0.1, 0.15) is 12.1 Å². The first-order valence-corrected chi connectivity index (χ1v) is 4.63. The number of benzene rings is 1. The number of para-hydroxylation sites is 1. The molecule has 0 spiro atoms. The summed E-state index contributed by atoms with van der Waals surface area (Å²) >= 11 is 0. The van der Waals surface area contributed by atoms with Gasteiger partial charge in [0.15, 0.2) is 5.82 Å². The van der Waals surface area contributed by atoms with Crippen LogP contribution in [0, 0.1) is 0 Å². The van der Waals surface area contributed by atoms with E-state index in [0.29, 0.717) is 11.6 Å². The number of aromatic nitrogens is 2. The monoisotopic (exact) mass is 199 g/mol. The predicted octanol–water partition coefficient (Wildman–Crippen LogP) is 2.20. The number of nitrogen functional groups attached to an aromatic ring is 1. The zero-order valence-electron chi connectivity index (χ0n) is 7.92. The Balaban J connectivity index is 2.39. The van der Waals surface area contributed by atoms with Crippen molar-refractivity contribution in [1.29, 1.82) is 0 Å². The zero-order valence-corrected chi connectivity index (χ0v) is 7.92. The van der Waals surface area contributed by atoms with E-state index in [-0.39, 0.29) is 0 Å². The molecule has 2 N–H and O–H groups in total. The summed E-state index contributed by atoms with van der Waals surface area (Å²) in [6.07, 6.45) is 1.53. The van der Waals surface area contributed by atoms with Gasteiger partial charge in [-0.15, -0.1) is 0 Å². The van der Waals surface area contributed by atoms with Crippen LogP contribution in [0.25, 0.3) is 16.7 Å². The molecule has 0 aliphatic heterocycles. The average molecular weight is 199 g/mol. The first-order valence-electron chi connectivity index (χ1n) is 4.63. The summed E-state index contributed by atoms with van der Waals surface area (Å²) in [6.45, 7) is 0. The van der Waals surface area contributed by atoms with Gasteiger partial charge in [0, 0.05) is 11.5 Å². The lowest BCUT2D eigenvalue weighted by molar-refractivity contribution is 0.417. The number of nitrogens with two attached hydrogens (primary N) is 1. The molecule has 0 unspecified atom stereocenters. The zero-order chi connectivity index (χ0) is 10.3. The van der Waals surface area contributed by atoms with Gasteiger partial charge in [-0.2, -0.15) is 0 Å². The van der Waals surface area contributed by atoms with Crippen LogP contribution in [0.2, 0.25) is 0 Å². The minimum atomic E-state index is 0.658. The summed E-state index contributed by atoms with van der Waals surface area (Å²) in [5, 5.41) is 4.97. The summed E-state index contributed by atoms with van der Waals surface area (Å²) in [4.78, 5) is 0. The first-order chi connectivity index (χ1) is 7.36. The molecule has 0 amide bonds. The average Bonchev–Trinajstić information content (AvgIpc) is 2.82. The molecule has 2 heterocycles. The van der Waals surface area contributed by atoms with Crippen molar-refractivity contribution in [1.82, 2.24) is 9.72 Å². The van der Waals surface area contributed by atoms with Crippen LogP contribution in [0.3, 0.4) is 0 Å². The smallest absolute Gasteiger partial charge is 0.182 e. The normalized spacial score (nSPS) is 10.9. The molecule has 15 heavy (non-hydrogen) atoms. The van der Waals surface area contributed by atoms with Crippen molar-refractivity contribution in [3.63, 3.8) is 0 Å². The van der Waals surface area contributed by atoms with E-state index in [1.807, 2.05) is 34.9 Å². The van der Waals surface area contributed by atoms with Gasteiger partial charge < -0.3 is 10.3 Å². The van der Waals surface area contributed by atoms with Crippen molar-refractivity contribution < 1.29 is 4.52 Å². The van der Waals surface area contributed by atoms with Crippen LogP contribution in [0.5, 0.6) is 0 Å². The highest BCUT2D eigenvalue weighted by molar-refractivity contribution is 5.86. The fraction of sp³-hybridized carbons (Fsp3) is 0. The number of nitrogens with zero attached hydrogens (tertiary/aromatic N) is 2. The molecule has 0 saturated heterocycles. The third-order valence-corrected chi connectivity index (χ3v) is 2.39. The van der Waals surface area contributed by atoms with Crippen LogP contribution in [-0.2, 0) is 0 Å². The maximum atomic E-state index is 5.93. The van der Waals surface area contributed by atoms with Crippen LogP contribution >= 0.6 is 0 Å². The van der Waals surface area contributed by atoms with Gasteiger partial charge >= 0.3 is 0 Å². The number of hydrogen-bond donors (Lipinski definition) is 1. The molecule has 0 radical (unpaired) electrons. The van der Waals surface area contributed by atoms with Crippen LogP contribution in [-0.4, -0.2) is 9.72 Å². The highest BCUT2D eigenvalue weighted by Crippen LogP contribution is 2.24. The van der Waals surface area contributed by atoms with Crippen molar-refractivity contribution in [2.45, 2.75) is 0 Å². The molecule has 2 aromatic heterocycles. The molecule has 0 aliphatic carbocycles. The SMILES string of the molecule is Nc1cc2ccccc2n1-c1ccon1.